The van der Waals surface area contributed by atoms with Crippen LogP contribution < -0.4 is 5.11 Å². The molecule has 0 bridgehead atoms. The monoisotopic (exact) mass is 281 g/mol. The Morgan fingerprint density at radius 3 is 2.47 bits per heavy atom. The van der Waals surface area contributed by atoms with Crippen molar-refractivity contribution in [1.29, 1.82) is 0 Å². The molecule has 84 valence electrons. The lowest BCUT2D eigenvalue weighted by Gasteiger charge is -2.14. The molecular formula is C8H8BrF2N2O2-. The van der Waals surface area contributed by atoms with Crippen molar-refractivity contribution in [1.82, 2.24) is 9.78 Å². The van der Waals surface area contributed by atoms with Crippen LogP contribution in [0.2, 0.25) is 0 Å². The molecule has 4 nitrogen and oxygen atoms in total. The summed E-state index contributed by atoms with van der Waals surface area (Å²) in [5.41, 5.74) is -0.123. The van der Waals surface area contributed by atoms with Crippen molar-refractivity contribution in [3.05, 3.63) is 15.9 Å². The van der Waals surface area contributed by atoms with Crippen LogP contribution in [0, 0.1) is 6.92 Å². The molecule has 0 saturated carbocycles. The molecule has 0 aromatic carbocycles. The molecule has 0 aliphatic heterocycles. The van der Waals surface area contributed by atoms with E-state index < -0.39 is 24.1 Å². The van der Waals surface area contributed by atoms with Crippen molar-refractivity contribution in [3.8, 4) is 0 Å². The van der Waals surface area contributed by atoms with Gasteiger partial charge in [-0.25, -0.2) is 8.78 Å². The smallest absolute Gasteiger partial charge is 0.283 e. The van der Waals surface area contributed by atoms with E-state index in [4.69, 9.17) is 0 Å². The standard InChI is InChI=1S/C8H9BrF2N2O2/c1-3-5(9)6(7(10)11)12-13(3)4(2)8(14)15/h4,7H,1-2H3,(H,14,15)/p-1/t4-/m1/s1. The first-order chi connectivity index (χ1) is 6.86. The molecule has 0 aliphatic carbocycles. The van der Waals surface area contributed by atoms with Crippen LogP contribution in [-0.2, 0) is 4.79 Å². The first-order valence-corrected chi connectivity index (χ1v) is 4.89. The van der Waals surface area contributed by atoms with Gasteiger partial charge in [0, 0.05) is 0 Å². The second-order valence-electron chi connectivity index (χ2n) is 3.02. The van der Waals surface area contributed by atoms with Crippen molar-refractivity contribution in [2.45, 2.75) is 26.3 Å². The van der Waals surface area contributed by atoms with E-state index in [1.165, 1.54) is 13.8 Å². The molecule has 0 N–H and O–H groups in total. The van der Waals surface area contributed by atoms with E-state index >= 15 is 0 Å². The van der Waals surface area contributed by atoms with E-state index in [9.17, 15) is 18.7 Å². The number of aliphatic carboxylic acids is 1. The number of halogens is 3. The number of alkyl halides is 2. The Kier molecular flexibility index (Phi) is 3.43. The summed E-state index contributed by atoms with van der Waals surface area (Å²) in [4.78, 5) is 10.6. The van der Waals surface area contributed by atoms with Gasteiger partial charge in [-0.2, -0.15) is 5.10 Å². The minimum Gasteiger partial charge on any atom is -0.548 e. The van der Waals surface area contributed by atoms with Gasteiger partial charge in [0.2, 0.25) is 0 Å². The zero-order chi connectivity index (χ0) is 11.7. The number of carbonyl (C=O) groups excluding carboxylic acids is 1. The van der Waals surface area contributed by atoms with Crippen LogP contribution in [0.25, 0.3) is 0 Å². The summed E-state index contributed by atoms with van der Waals surface area (Å²) >= 11 is 2.94. The van der Waals surface area contributed by atoms with E-state index in [1.807, 2.05) is 0 Å². The highest BCUT2D eigenvalue weighted by molar-refractivity contribution is 9.10. The summed E-state index contributed by atoms with van der Waals surface area (Å²) in [5.74, 6) is -1.37. The highest BCUT2D eigenvalue weighted by atomic mass is 79.9. The van der Waals surface area contributed by atoms with Gasteiger partial charge in [-0.05, 0) is 29.8 Å². The Morgan fingerprint density at radius 2 is 2.13 bits per heavy atom. The van der Waals surface area contributed by atoms with Gasteiger partial charge in [0.1, 0.15) is 5.69 Å². The third-order valence-electron chi connectivity index (χ3n) is 2.02. The number of carboxylic acids is 1. The highest BCUT2D eigenvalue weighted by Crippen LogP contribution is 2.30. The maximum atomic E-state index is 12.4. The van der Waals surface area contributed by atoms with Gasteiger partial charge in [-0.3, -0.25) is 4.68 Å². The van der Waals surface area contributed by atoms with Gasteiger partial charge in [0.05, 0.1) is 22.2 Å². The molecule has 1 heterocycles. The van der Waals surface area contributed by atoms with Gasteiger partial charge in [-0.1, -0.05) is 0 Å². The van der Waals surface area contributed by atoms with Crippen LogP contribution in [0.5, 0.6) is 0 Å². The van der Waals surface area contributed by atoms with Gasteiger partial charge < -0.3 is 9.90 Å². The molecule has 0 fully saturated rings. The summed E-state index contributed by atoms with van der Waals surface area (Å²) in [5, 5.41) is 14.1. The van der Waals surface area contributed by atoms with Gasteiger partial charge in [0.25, 0.3) is 6.43 Å². The average molecular weight is 282 g/mol. The summed E-state index contributed by atoms with van der Waals surface area (Å²) < 4.78 is 26.0. The Balaban J connectivity index is 3.21. The van der Waals surface area contributed by atoms with Crippen molar-refractivity contribution in [2.75, 3.05) is 0 Å². The van der Waals surface area contributed by atoms with Crippen LogP contribution in [0.4, 0.5) is 8.78 Å². The van der Waals surface area contributed by atoms with Crippen molar-refractivity contribution >= 4 is 21.9 Å². The molecule has 1 aromatic heterocycles. The maximum Gasteiger partial charge on any atom is 0.283 e. The number of carboxylic acid groups (broad SMARTS) is 1. The fourth-order valence-electron chi connectivity index (χ4n) is 1.14. The summed E-state index contributed by atoms with van der Waals surface area (Å²) in [6, 6.07) is -1.08. The second-order valence-corrected chi connectivity index (χ2v) is 3.82. The third kappa shape index (κ3) is 2.17. The number of hydrogen-bond acceptors (Lipinski definition) is 3. The first kappa shape index (κ1) is 12.1. The third-order valence-corrected chi connectivity index (χ3v) is 3.00. The molecule has 1 aromatic rings. The molecule has 1 rings (SSSR count). The number of nitrogens with zero attached hydrogens (tertiary/aromatic N) is 2. The predicted octanol–water partition coefficient (Wildman–Crippen LogP) is 1.20. The van der Waals surface area contributed by atoms with E-state index in [1.54, 1.807) is 0 Å². The largest absolute Gasteiger partial charge is 0.548 e. The highest BCUT2D eigenvalue weighted by Gasteiger charge is 2.22. The predicted molar refractivity (Wildman–Crippen MR) is 49.3 cm³/mol. The SMILES string of the molecule is Cc1c(Br)c(C(F)F)nn1[C@H](C)C(=O)[O-]. The molecule has 0 amide bonds. The van der Waals surface area contributed by atoms with E-state index in [2.05, 4.69) is 21.0 Å². The lowest BCUT2D eigenvalue weighted by atomic mass is 10.3. The molecule has 0 saturated heterocycles. The topological polar surface area (TPSA) is 58.0 Å². The second kappa shape index (κ2) is 4.26. The minimum absolute atomic E-state index is 0.130. The molecule has 0 radical (unpaired) electrons. The number of aromatic nitrogens is 2. The quantitative estimate of drug-likeness (QED) is 0.837. The van der Waals surface area contributed by atoms with Crippen LogP contribution in [-0.4, -0.2) is 15.7 Å². The Hall–Kier alpha value is -0.980. The fourth-order valence-corrected chi connectivity index (χ4v) is 1.57. The molecular weight excluding hydrogens is 274 g/mol. The molecule has 0 unspecified atom stereocenters. The fraction of sp³-hybridized carbons (Fsp3) is 0.500. The molecule has 1 atom stereocenters. The van der Waals surface area contributed by atoms with Crippen LogP contribution >= 0.6 is 15.9 Å². The number of carbonyl (C=O) groups is 1. The molecule has 0 spiro atoms. The van der Waals surface area contributed by atoms with E-state index in [0.29, 0.717) is 5.69 Å². The van der Waals surface area contributed by atoms with Crippen LogP contribution in [0.1, 0.15) is 30.8 Å². The summed E-state index contributed by atoms with van der Waals surface area (Å²) in [6.07, 6.45) is -2.74. The number of rotatable bonds is 3. The Labute approximate surface area is 93.0 Å². The Bertz CT molecular complexity index is 392. The normalized spacial score (nSPS) is 13.2. The molecule has 7 heteroatoms. The zero-order valence-electron chi connectivity index (χ0n) is 8.00. The first-order valence-electron chi connectivity index (χ1n) is 4.09. The van der Waals surface area contributed by atoms with E-state index in [0.717, 1.165) is 4.68 Å². The Morgan fingerprint density at radius 1 is 1.60 bits per heavy atom. The van der Waals surface area contributed by atoms with Gasteiger partial charge in [-0.15, -0.1) is 0 Å². The average Bonchev–Trinajstić information content (AvgIpc) is 2.43. The van der Waals surface area contributed by atoms with Gasteiger partial charge >= 0.3 is 0 Å². The minimum atomic E-state index is -2.74. The number of hydrogen-bond donors (Lipinski definition) is 0. The summed E-state index contributed by atoms with van der Waals surface area (Å²) in [7, 11) is 0. The van der Waals surface area contributed by atoms with E-state index in [-0.39, 0.29) is 4.47 Å². The lowest BCUT2D eigenvalue weighted by molar-refractivity contribution is -0.310. The van der Waals surface area contributed by atoms with Crippen molar-refractivity contribution in [3.63, 3.8) is 0 Å². The lowest BCUT2D eigenvalue weighted by Crippen LogP contribution is -2.32. The maximum absolute atomic E-state index is 12.4. The molecule has 0 aliphatic rings. The molecule has 15 heavy (non-hydrogen) atoms. The van der Waals surface area contributed by atoms with Gasteiger partial charge in [0.15, 0.2) is 0 Å². The summed E-state index contributed by atoms with van der Waals surface area (Å²) in [6.45, 7) is 2.82. The van der Waals surface area contributed by atoms with Crippen molar-refractivity contribution in [2.24, 2.45) is 0 Å². The zero-order valence-corrected chi connectivity index (χ0v) is 9.59. The van der Waals surface area contributed by atoms with Crippen LogP contribution in [0.15, 0.2) is 4.47 Å². The van der Waals surface area contributed by atoms with Crippen LogP contribution in [0.3, 0.4) is 0 Å². The van der Waals surface area contributed by atoms with Crippen molar-refractivity contribution < 1.29 is 18.7 Å².